The quantitative estimate of drug-likeness (QED) is 0.528. The van der Waals surface area contributed by atoms with Crippen molar-refractivity contribution in [1.29, 1.82) is 0 Å². The van der Waals surface area contributed by atoms with Gasteiger partial charge in [-0.15, -0.1) is 11.6 Å². The van der Waals surface area contributed by atoms with E-state index in [1.807, 2.05) is 0 Å². The highest BCUT2D eigenvalue weighted by atomic mass is 35.5. The van der Waals surface area contributed by atoms with Crippen LogP contribution in [0.1, 0.15) is 18.1 Å². The minimum atomic E-state index is -2.42. The maximum Gasteiger partial charge on any atom is 0.261 e. The minimum Gasteiger partial charge on any atom is -0.446 e. The smallest absolute Gasteiger partial charge is 0.261 e. The molecule has 0 aliphatic carbocycles. The van der Waals surface area contributed by atoms with Gasteiger partial charge in [-0.1, -0.05) is 0 Å². The number of alkyl halides is 3. The summed E-state index contributed by atoms with van der Waals surface area (Å²) in [7, 11) is 0. The van der Waals surface area contributed by atoms with Crippen LogP contribution in [0.5, 0.6) is 0 Å². The fourth-order valence-corrected chi connectivity index (χ4v) is 1.28. The molecule has 6 heteroatoms. The molecule has 0 amide bonds. The van der Waals surface area contributed by atoms with Crippen LogP contribution < -0.4 is 0 Å². The molecule has 0 bridgehead atoms. The van der Waals surface area contributed by atoms with Gasteiger partial charge < -0.3 is 9.15 Å². The number of hydrogen-bond donors (Lipinski definition) is 0. The van der Waals surface area contributed by atoms with E-state index < -0.39 is 13.0 Å². The number of aromatic nitrogens is 1. The van der Waals surface area contributed by atoms with Gasteiger partial charge in [0.2, 0.25) is 0 Å². The summed E-state index contributed by atoms with van der Waals surface area (Å²) < 4.78 is 33.5. The molecular formula is C10H14ClF2NO2. The van der Waals surface area contributed by atoms with Gasteiger partial charge in [0.05, 0.1) is 12.8 Å². The molecule has 0 saturated heterocycles. The van der Waals surface area contributed by atoms with Gasteiger partial charge in [0.1, 0.15) is 12.4 Å². The Kier molecular flexibility index (Phi) is 6.33. The average molecular weight is 254 g/mol. The Hall–Kier alpha value is -0.680. The third kappa shape index (κ3) is 5.42. The first-order chi connectivity index (χ1) is 7.72. The van der Waals surface area contributed by atoms with Crippen LogP contribution in [0.4, 0.5) is 8.78 Å². The lowest BCUT2D eigenvalue weighted by atomic mass is 10.3. The second-order valence-electron chi connectivity index (χ2n) is 3.23. The first-order valence-corrected chi connectivity index (χ1v) is 5.61. The Morgan fingerprint density at radius 1 is 1.44 bits per heavy atom. The van der Waals surface area contributed by atoms with Crippen molar-refractivity contribution in [2.24, 2.45) is 0 Å². The average Bonchev–Trinajstić information content (AvgIpc) is 2.69. The summed E-state index contributed by atoms with van der Waals surface area (Å²) in [4.78, 5) is 4.04. The Bertz CT molecular complexity index is 294. The monoisotopic (exact) mass is 253 g/mol. The predicted octanol–water partition coefficient (Wildman–Crippen LogP) is 2.67. The molecule has 1 rings (SSSR count). The van der Waals surface area contributed by atoms with Crippen LogP contribution in [0.25, 0.3) is 0 Å². The number of oxazole rings is 1. The van der Waals surface area contributed by atoms with Crippen molar-refractivity contribution >= 4 is 11.6 Å². The first kappa shape index (κ1) is 13.4. The maximum absolute atomic E-state index is 11.7. The Morgan fingerprint density at radius 2 is 2.25 bits per heavy atom. The van der Waals surface area contributed by atoms with E-state index in [2.05, 4.69) is 4.98 Å². The molecule has 1 aromatic heterocycles. The Morgan fingerprint density at radius 3 is 2.94 bits per heavy atom. The second-order valence-corrected chi connectivity index (χ2v) is 3.61. The van der Waals surface area contributed by atoms with Gasteiger partial charge in [-0.05, 0) is 6.42 Å². The third-order valence-electron chi connectivity index (χ3n) is 1.86. The van der Waals surface area contributed by atoms with Crippen molar-refractivity contribution in [2.45, 2.75) is 25.7 Å². The Balaban J connectivity index is 2.19. The number of halogens is 3. The van der Waals surface area contributed by atoms with E-state index in [0.29, 0.717) is 30.4 Å². The molecule has 0 aromatic carbocycles. The van der Waals surface area contributed by atoms with Crippen molar-refractivity contribution in [3.63, 3.8) is 0 Å². The zero-order chi connectivity index (χ0) is 11.8. The lowest BCUT2D eigenvalue weighted by Gasteiger charge is -2.00. The molecule has 0 aliphatic rings. The van der Waals surface area contributed by atoms with Gasteiger partial charge in [0, 0.05) is 18.7 Å². The molecule has 0 aliphatic heterocycles. The lowest BCUT2D eigenvalue weighted by molar-refractivity contribution is 0.0176. The van der Waals surface area contributed by atoms with Crippen LogP contribution >= 0.6 is 11.6 Å². The molecular weight excluding hydrogens is 240 g/mol. The highest BCUT2D eigenvalue weighted by Crippen LogP contribution is 2.07. The van der Waals surface area contributed by atoms with Crippen LogP contribution in [0, 0.1) is 0 Å². The largest absolute Gasteiger partial charge is 0.446 e. The van der Waals surface area contributed by atoms with Crippen molar-refractivity contribution in [1.82, 2.24) is 4.98 Å². The fraction of sp³-hybridized carbons (Fsp3) is 0.700. The van der Waals surface area contributed by atoms with Crippen molar-refractivity contribution < 1.29 is 17.9 Å². The molecule has 0 fully saturated rings. The zero-order valence-corrected chi connectivity index (χ0v) is 9.55. The molecule has 92 valence electrons. The van der Waals surface area contributed by atoms with Gasteiger partial charge in [-0.3, -0.25) is 0 Å². The van der Waals surface area contributed by atoms with Crippen LogP contribution in [0.15, 0.2) is 10.6 Å². The number of aryl methyl sites for hydroxylation is 1. The van der Waals surface area contributed by atoms with Crippen LogP contribution in [-0.4, -0.2) is 30.5 Å². The van der Waals surface area contributed by atoms with Crippen molar-refractivity contribution in [2.75, 3.05) is 19.1 Å². The third-order valence-corrected chi connectivity index (χ3v) is 2.13. The number of ether oxygens (including phenoxy) is 1. The van der Waals surface area contributed by atoms with E-state index in [1.54, 1.807) is 6.20 Å². The maximum atomic E-state index is 11.7. The standard InChI is InChI=1S/C10H14ClF2NO2/c11-4-1-2-10-14-6-8(16-10)3-5-15-7-9(12)13/h6,9H,1-5,7H2. The summed E-state index contributed by atoms with van der Waals surface area (Å²) in [6.45, 7) is -0.318. The highest BCUT2D eigenvalue weighted by molar-refractivity contribution is 6.17. The van der Waals surface area contributed by atoms with Gasteiger partial charge >= 0.3 is 0 Å². The highest BCUT2D eigenvalue weighted by Gasteiger charge is 2.05. The lowest BCUT2D eigenvalue weighted by Crippen LogP contribution is -2.06. The van der Waals surface area contributed by atoms with Gasteiger partial charge in [-0.2, -0.15) is 0 Å². The molecule has 3 nitrogen and oxygen atoms in total. The SMILES string of the molecule is FC(F)COCCc1cnc(CCCCl)o1. The molecule has 0 N–H and O–H groups in total. The van der Waals surface area contributed by atoms with Crippen LogP contribution in [0.2, 0.25) is 0 Å². The number of nitrogens with zero attached hydrogens (tertiary/aromatic N) is 1. The second kappa shape index (κ2) is 7.57. The van der Waals surface area contributed by atoms with E-state index in [9.17, 15) is 8.78 Å². The first-order valence-electron chi connectivity index (χ1n) is 5.08. The fourth-order valence-electron chi connectivity index (χ4n) is 1.14. The molecule has 0 saturated carbocycles. The molecule has 16 heavy (non-hydrogen) atoms. The van der Waals surface area contributed by atoms with E-state index in [-0.39, 0.29) is 6.61 Å². The summed E-state index contributed by atoms with van der Waals surface area (Å²) in [5.74, 6) is 1.85. The van der Waals surface area contributed by atoms with Crippen molar-refractivity contribution in [3.05, 3.63) is 17.8 Å². The van der Waals surface area contributed by atoms with Crippen molar-refractivity contribution in [3.8, 4) is 0 Å². The summed E-state index contributed by atoms with van der Waals surface area (Å²) in [5.41, 5.74) is 0. The summed E-state index contributed by atoms with van der Waals surface area (Å²) in [5, 5.41) is 0. The molecule has 0 radical (unpaired) electrons. The predicted molar refractivity (Wildman–Crippen MR) is 56.1 cm³/mol. The summed E-state index contributed by atoms with van der Waals surface area (Å²) in [6.07, 6.45) is 1.13. The molecule has 0 spiro atoms. The van der Waals surface area contributed by atoms with Gasteiger partial charge in [-0.25, -0.2) is 13.8 Å². The summed E-state index contributed by atoms with van der Waals surface area (Å²) in [6, 6.07) is 0. The molecule has 0 atom stereocenters. The van der Waals surface area contributed by atoms with Gasteiger partial charge in [0.15, 0.2) is 5.89 Å². The number of rotatable bonds is 8. The number of hydrogen-bond acceptors (Lipinski definition) is 3. The van der Waals surface area contributed by atoms with Crippen LogP contribution in [0.3, 0.4) is 0 Å². The summed E-state index contributed by atoms with van der Waals surface area (Å²) >= 11 is 5.53. The van der Waals surface area contributed by atoms with E-state index in [4.69, 9.17) is 20.8 Å². The minimum absolute atomic E-state index is 0.217. The molecule has 1 heterocycles. The van der Waals surface area contributed by atoms with Crippen LogP contribution in [-0.2, 0) is 17.6 Å². The zero-order valence-electron chi connectivity index (χ0n) is 8.79. The molecule has 0 unspecified atom stereocenters. The Labute approximate surface area is 97.7 Å². The molecule has 1 aromatic rings. The topological polar surface area (TPSA) is 35.3 Å². The normalized spacial score (nSPS) is 11.2. The van der Waals surface area contributed by atoms with E-state index >= 15 is 0 Å². The van der Waals surface area contributed by atoms with E-state index in [1.165, 1.54) is 0 Å². The van der Waals surface area contributed by atoms with E-state index in [0.717, 1.165) is 6.42 Å². The van der Waals surface area contributed by atoms with Gasteiger partial charge in [0.25, 0.3) is 6.43 Å².